The highest BCUT2D eigenvalue weighted by atomic mass is 16.3. The van der Waals surface area contributed by atoms with Gasteiger partial charge in [0, 0.05) is 18.2 Å². The maximum absolute atomic E-state index is 9.82. The molecule has 0 aromatic heterocycles. The molecule has 0 unspecified atom stereocenters. The Balaban J connectivity index is 1.88. The van der Waals surface area contributed by atoms with Crippen LogP contribution in [0.3, 0.4) is 0 Å². The van der Waals surface area contributed by atoms with Gasteiger partial charge in [0.1, 0.15) is 5.75 Å². The van der Waals surface area contributed by atoms with E-state index in [1.165, 1.54) is 37.7 Å². The molecular weight excluding hydrogens is 222 g/mol. The normalized spacial score (nSPS) is 18.8. The number of hydrogen-bond acceptors (Lipinski definition) is 2. The average molecular weight is 247 g/mol. The summed E-state index contributed by atoms with van der Waals surface area (Å²) in [6.07, 6.45) is 6.88. The third-order valence-electron chi connectivity index (χ3n) is 4.21. The van der Waals surface area contributed by atoms with Crippen LogP contribution in [0.2, 0.25) is 0 Å². The van der Waals surface area contributed by atoms with E-state index in [-0.39, 0.29) is 0 Å². The second kappa shape index (κ2) is 6.24. The number of benzene rings is 1. The van der Waals surface area contributed by atoms with Crippen molar-refractivity contribution in [1.29, 1.82) is 0 Å². The van der Waals surface area contributed by atoms with Crippen molar-refractivity contribution < 1.29 is 5.11 Å². The lowest BCUT2D eigenvalue weighted by Gasteiger charge is -2.28. The van der Waals surface area contributed by atoms with E-state index in [4.69, 9.17) is 0 Å². The fourth-order valence-corrected chi connectivity index (χ4v) is 2.93. The van der Waals surface area contributed by atoms with E-state index in [2.05, 4.69) is 25.2 Å². The van der Waals surface area contributed by atoms with Crippen LogP contribution < -0.4 is 5.32 Å². The molecule has 0 radical (unpaired) electrons. The lowest BCUT2D eigenvalue weighted by Crippen LogP contribution is -2.34. The monoisotopic (exact) mass is 247 g/mol. The maximum Gasteiger partial charge on any atom is 0.120 e. The molecule has 18 heavy (non-hydrogen) atoms. The van der Waals surface area contributed by atoms with E-state index in [0.29, 0.717) is 11.8 Å². The van der Waals surface area contributed by atoms with Gasteiger partial charge in [0.2, 0.25) is 0 Å². The molecule has 1 saturated carbocycles. The van der Waals surface area contributed by atoms with Crippen molar-refractivity contribution in [1.82, 2.24) is 5.32 Å². The van der Waals surface area contributed by atoms with Crippen LogP contribution in [0.25, 0.3) is 0 Å². The molecule has 0 heterocycles. The predicted molar refractivity (Wildman–Crippen MR) is 75.7 cm³/mol. The SMILES string of the molecule is Cc1ccc(O)c(CN[C@H](C)C2CCCCC2)c1. The molecule has 0 spiro atoms. The van der Waals surface area contributed by atoms with Gasteiger partial charge in [-0.05, 0) is 38.7 Å². The summed E-state index contributed by atoms with van der Waals surface area (Å²) < 4.78 is 0. The fraction of sp³-hybridized carbons (Fsp3) is 0.625. The van der Waals surface area contributed by atoms with Gasteiger partial charge >= 0.3 is 0 Å². The third kappa shape index (κ3) is 3.49. The minimum Gasteiger partial charge on any atom is -0.508 e. The summed E-state index contributed by atoms with van der Waals surface area (Å²) in [5, 5.41) is 13.4. The lowest BCUT2D eigenvalue weighted by atomic mass is 9.84. The van der Waals surface area contributed by atoms with Crippen LogP contribution in [0.4, 0.5) is 0 Å². The first-order chi connectivity index (χ1) is 8.66. The second-order valence-corrected chi connectivity index (χ2v) is 5.70. The van der Waals surface area contributed by atoms with Crippen LogP contribution in [-0.4, -0.2) is 11.1 Å². The average Bonchev–Trinajstić information content (AvgIpc) is 2.40. The van der Waals surface area contributed by atoms with E-state index in [0.717, 1.165) is 18.0 Å². The van der Waals surface area contributed by atoms with Gasteiger partial charge in [-0.3, -0.25) is 0 Å². The first-order valence-corrected chi connectivity index (χ1v) is 7.18. The standard InChI is InChI=1S/C16H25NO/c1-12-8-9-16(18)15(10-12)11-17-13(2)14-6-4-3-5-7-14/h8-10,13-14,17-18H,3-7,11H2,1-2H3/t13-/m1/s1. The number of aryl methyl sites for hydroxylation is 1. The maximum atomic E-state index is 9.82. The van der Waals surface area contributed by atoms with Crippen LogP contribution in [0.15, 0.2) is 18.2 Å². The second-order valence-electron chi connectivity index (χ2n) is 5.70. The zero-order valence-corrected chi connectivity index (χ0v) is 11.6. The molecule has 1 aliphatic carbocycles. The van der Waals surface area contributed by atoms with Crippen molar-refractivity contribution in [2.45, 2.75) is 58.5 Å². The van der Waals surface area contributed by atoms with Crippen molar-refractivity contribution in [2.24, 2.45) is 5.92 Å². The lowest BCUT2D eigenvalue weighted by molar-refractivity contribution is 0.280. The Morgan fingerprint density at radius 3 is 2.72 bits per heavy atom. The number of rotatable bonds is 4. The fourth-order valence-electron chi connectivity index (χ4n) is 2.93. The topological polar surface area (TPSA) is 32.3 Å². The van der Waals surface area contributed by atoms with Crippen molar-refractivity contribution in [2.75, 3.05) is 0 Å². The highest BCUT2D eigenvalue weighted by Gasteiger charge is 2.19. The van der Waals surface area contributed by atoms with Gasteiger partial charge in [-0.2, -0.15) is 0 Å². The molecule has 1 aromatic carbocycles. The van der Waals surface area contributed by atoms with E-state index >= 15 is 0 Å². The van der Waals surface area contributed by atoms with E-state index in [1.54, 1.807) is 6.07 Å². The Bertz CT molecular complexity index is 383. The highest BCUT2D eigenvalue weighted by Crippen LogP contribution is 2.27. The molecule has 2 nitrogen and oxygen atoms in total. The Kier molecular flexibility index (Phi) is 4.65. The minimum atomic E-state index is 0.406. The van der Waals surface area contributed by atoms with Gasteiger partial charge in [-0.15, -0.1) is 0 Å². The van der Waals surface area contributed by atoms with Crippen molar-refractivity contribution in [3.05, 3.63) is 29.3 Å². The van der Waals surface area contributed by atoms with Crippen LogP contribution in [0.5, 0.6) is 5.75 Å². The molecule has 1 fully saturated rings. The molecule has 1 atom stereocenters. The summed E-state index contributed by atoms with van der Waals surface area (Å²) in [5.41, 5.74) is 2.22. The molecule has 0 aliphatic heterocycles. The molecule has 2 rings (SSSR count). The third-order valence-corrected chi connectivity index (χ3v) is 4.21. The highest BCUT2D eigenvalue weighted by molar-refractivity contribution is 5.35. The molecule has 2 heteroatoms. The first-order valence-electron chi connectivity index (χ1n) is 7.18. The molecule has 2 N–H and O–H groups in total. The van der Waals surface area contributed by atoms with E-state index in [1.807, 2.05) is 6.07 Å². The van der Waals surface area contributed by atoms with Crippen molar-refractivity contribution in [3.8, 4) is 5.75 Å². The van der Waals surface area contributed by atoms with Crippen LogP contribution in [0, 0.1) is 12.8 Å². The Morgan fingerprint density at radius 2 is 2.00 bits per heavy atom. The molecule has 1 aliphatic rings. The first kappa shape index (κ1) is 13.4. The molecule has 0 amide bonds. The Labute approximate surface area is 110 Å². The molecule has 0 saturated heterocycles. The summed E-state index contributed by atoms with van der Waals surface area (Å²) >= 11 is 0. The quantitative estimate of drug-likeness (QED) is 0.849. The van der Waals surface area contributed by atoms with Crippen LogP contribution >= 0.6 is 0 Å². The summed E-state index contributed by atoms with van der Waals surface area (Å²) in [5.74, 6) is 1.22. The number of aromatic hydroxyl groups is 1. The molecular formula is C16H25NO. The van der Waals surface area contributed by atoms with Crippen molar-refractivity contribution >= 4 is 0 Å². The minimum absolute atomic E-state index is 0.406. The number of nitrogens with one attached hydrogen (secondary N) is 1. The zero-order chi connectivity index (χ0) is 13.0. The van der Waals surface area contributed by atoms with E-state index in [9.17, 15) is 5.11 Å². The van der Waals surface area contributed by atoms with Gasteiger partial charge in [-0.25, -0.2) is 0 Å². The van der Waals surface area contributed by atoms with Gasteiger partial charge in [-0.1, -0.05) is 37.0 Å². The largest absolute Gasteiger partial charge is 0.508 e. The van der Waals surface area contributed by atoms with E-state index < -0.39 is 0 Å². The number of hydrogen-bond donors (Lipinski definition) is 2. The zero-order valence-electron chi connectivity index (χ0n) is 11.6. The van der Waals surface area contributed by atoms with Gasteiger partial charge in [0.15, 0.2) is 0 Å². The predicted octanol–water partition coefficient (Wildman–Crippen LogP) is 3.76. The van der Waals surface area contributed by atoms with Crippen molar-refractivity contribution in [3.63, 3.8) is 0 Å². The van der Waals surface area contributed by atoms with Gasteiger partial charge < -0.3 is 10.4 Å². The Hall–Kier alpha value is -1.02. The summed E-state index contributed by atoms with van der Waals surface area (Å²) in [7, 11) is 0. The molecule has 0 bridgehead atoms. The summed E-state index contributed by atoms with van der Waals surface area (Å²) in [6, 6.07) is 6.35. The summed E-state index contributed by atoms with van der Waals surface area (Å²) in [6.45, 7) is 5.11. The number of phenols is 1. The van der Waals surface area contributed by atoms with Gasteiger partial charge in [0.05, 0.1) is 0 Å². The van der Waals surface area contributed by atoms with Gasteiger partial charge in [0.25, 0.3) is 0 Å². The number of phenolic OH excluding ortho intramolecular Hbond substituents is 1. The molecule has 100 valence electrons. The van der Waals surface area contributed by atoms with Crippen LogP contribution in [-0.2, 0) is 6.54 Å². The Morgan fingerprint density at radius 1 is 1.28 bits per heavy atom. The van der Waals surface area contributed by atoms with Crippen LogP contribution in [0.1, 0.15) is 50.2 Å². The summed E-state index contributed by atoms with van der Waals surface area (Å²) in [4.78, 5) is 0. The smallest absolute Gasteiger partial charge is 0.120 e. The molecule has 1 aromatic rings.